The van der Waals surface area contributed by atoms with Crippen LogP contribution in [-0.4, -0.2) is 16.7 Å². The number of pyridine rings is 1. The molecule has 0 saturated carbocycles. The number of nitrogens with zero attached hydrogens (tertiary/aromatic N) is 1. The van der Waals surface area contributed by atoms with E-state index in [4.69, 9.17) is 0 Å². The van der Waals surface area contributed by atoms with Crippen LogP contribution in [0.5, 0.6) is 0 Å². The molecule has 2 nitrogen and oxygen atoms in total. The number of rotatable bonds is 4. The first kappa shape index (κ1) is 11.7. The summed E-state index contributed by atoms with van der Waals surface area (Å²) in [5, 5.41) is 9.19. The van der Waals surface area contributed by atoms with Gasteiger partial charge in [0, 0.05) is 23.5 Å². The summed E-state index contributed by atoms with van der Waals surface area (Å²) in [7, 11) is 0. The predicted molar refractivity (Wildman–Crippen MR) is 61.1 cm³/mol. The lowest BCUT2D eigenvalue weighted by Gasteiger charge is -2.17. The Kier molecular flexibility index (Phi) is 4.55. The Hall–Kier alpha value is -0.410. The van der Waals surface area contributed by atoms with E-state index in [-0.39, 0.29) is 6.61 Å². The van der Waals surface area contributed by atoms with E-state index in [1.165, 1.54) is 5.56 Å². The maximum Gasteiger partial charge on any atom is 0.0464 e. The van der Waals surface area contributed by atoms with Crippen molar-refractivity contribution in [2.45, 2.75) is 20.3 Å². The first-order chi connectivity index (χ1) is 6.63. The summed E-state index contributed by atoms with van der Waals surface area (Å²) in [6, 6.07) is 2.05. The zero-order valence-electron chi connectivity index (χ0n) is 8.57. The number of hydrogen-bond donors (Lipinski definition) is 1. The number of aromatic nitrogens is 1. The molecule has 0 spiro atoms. The van der Waals surface area contributed by atoms with Gasteiger partial charge in [0.05, 0.1) is 0 Å². The molecule has 1 aromatic rings. The molecule has 1 heterocycles. The molecule has 1 aromatic heterocycles. The third-order valence-electron chi connectivity index (χ3n) is 2.44. The molecule has 14 heavy (non-hydrogen) atoms. The molecule has 0 saturated heterocycles. The highest BCUT2D eigenvalue weighted by Crippen LogP contribution is 2.18. The second-order valence-corrected chi connectivity index (χ2v) is 4.82. The van der Waals surface area contributed by atoms with Gasteiger partial charge in [-0.25, -0.2) is 0 Å². The molecule has 0 amide bonds. The van der Waals surface area contributed by atoms with Crippen LogP contribution in [0.15, 0.2) is 22.9 Å². The first-order valence-corrected chi connectivity index (χ1v) is 5.63. The van der Waals surface area contributed by atoms with E-state index in [2.05, 4.69) is 40.8 Å². The highest BCUT2D eigenvalue weighted by atomic mass is 79.9. The zero-order chi connectivity index (χ0) is 10.6. The van der Waals surface area contributed by atoms with Gasteiger partial charge >= 0.3 is 0 Å². The Morgan fingerprint density at radius 1 is 1.43 bits per heavy atom. The lowest BCUT2D eigenvalue weighted by molar-refractivity contribution is 0.189. The summed E-state index contributed by atoms with van der Waals surface area (Å²) in [4.78, 5) is 4.10. The van der Waals surface area contributed by atoms with Crippen LogP contribution >= 0.6 is 15.9 Å². The van der Waals surface area contributed by atoms with Crippen molar-refractivity contribution in [2.75, 3.05) is 6.61 Å². The summed E-state index contributed by atoms with van der Waals surface area (Å²) in [5.41, 5.74) is 1.17. The maximum atomic E-state index is 9.19. The quantitative estimate of drug-likeness (QED) is 0.900. The van der Waals surface area contributed by atoms with Gasteiger partial charge in [-0.15, -0.1) is 0 Å². The smallest absolute Gasteiger partial charge is 0.0464 e. The Labute approximate surface area is 93.5 Å². The van der Waals surface area contributed by atoms with Crippen LogP contribution in [0.4, 0.5) is 0 Å². The van der Waals surface area contributed by atoms with Crippen molar-refractivity contribution in [3.05, 3.63) is 28.5 Å². The van der Waals surface area contributed by atoms with Crippen molar-refractivity contribution in [2.24, 2.45) is 11.8 Å². The van der Waals surface area contributed by atoms with E-state index in [1.54, 1.807) is 6.20 Å². The molecule has 0 bridgehead atoms. The second kappa shape index (κ2) is 5.47. The fourth-order valence-electron chi connectivity index (χ4n) is 1.38. The topological polar surface area (TPSA) is 33.1 Å². The fourth-order valence-corrected chi connectivity index (χ4v) is 1.79. The van der Waals surface area contributed by atoms with Gasteiger partial charge in [-0.05, 0) is 45.8 Å². The number of aliphatic hydroxyl groups excluding tert-OH is 1. The van der Waals surface area contributed by atoms with Gasteiger partial charge in [0.25, 0.3) is 0 Å². The summed E-state index contributed by atoms with van der Waals surface area (Å²) >= 11 is 3.39. The molecule has 0 fully saturated rings. The fraction of sp³-hybridized carbons (Fsp3) is 0.545. The van der Waals surface area contributed by atoms with Crippen LogP contribution in [0.1, 0.15) is 19.4 Å². The van der Waals surface area contributed by atoms with Crippen LogP contribution in [0.25, 0.3) is 0 Å². The average Bonchev–Trinajstić information content (AvgIpc) is 2.14. The van der Waals surface area contributed by atoms with Crippen molar-refractivity contribution in [1.29, 1.82) is 0 Å². The number of hydrogen-bond acceptors (Lipinski definition) is 2. The SMILES string of the molecule is CC(C)C(CO)Cc1cncc(Br)c1. The minimum atomic E-state index is 0.240. The van der Waals surface area contributed by atoms with Gasteiger partial charge in [-0.2, -0.15) is 0 Å². The summed E-state index contributed by atoms with van der Waals surface area (Å²) in [6.45, 7) is 4.50. The second-order valence-electron chi connectivity index (χ2n) is 3.90. The molecule has 0 aliphatic carbocycles. The molecule has 1 rings (SSSR count). The average molecular weight is 258 g/mol. The van der Waals surface area contributed by atoms with E-state index in [0.29, 0.717) is 11.8 Å². The minimum absolute atomic E-state index is 0.240. The standard InChI is InChI=1S/C11H16BrNO/c1-8(2)10(7-14)3-9-4-11(12)6-13-5-9/h4-6,8,10,14H,3,7H2,1-2H3. The molecule has 78 valence electrons. The highest BCUT2D eigenvalue weighted by Gasteiger charge is 2.12. The highest BCUT2D eigenvalue weighted by molar-refractivity contribution is 9.10. The summed E-state index contributed by atoms with van der Waals surface area (Å²) in [5.74, 6) is 0.824. The van der Waals surface area contributed by atoms with Crippen molar-refractivity contribution >= 4 is 15.9 Å². The minimum Gasteiger partial charge on any atom is -0.396 e. The summed E-state index contributed by atoms with van der Waals surface area (Å²) < 4.78 is 0.996. The van der Waals surface area contributed by atoms with Crippen molar-refractivity contribution < 1.29 is 5.11 Å². The van der Waals surface area contributed by atoms with Crippen molar-refractivity contribution in [3.63, 3.8) is 0 Å². The maximum absolute atomic E-state index is 9.19. The molecule has 0 radical (unpaired) electrons. The van der Waals surface area contributed by atoms with Gasteiger partial charge in [0.1, 0.15) is 0 Å². The van der Waals surface area contributed by atoms with E-state index >= 15 is 0 Å². The normalized spacial score (nSPS) is 13.2. The van der Waals surface area contributed by atoms with Crippen LogP contribution in [-0.2, 0) is 6.42 Å². The van der Waals surface area contributed by atoms with Gasteiger partial charge in [0.2, 0.25) is 0 Å². The molecule has 0 aliphatic rings. The van der Waals surface area contributed by atoms with Crippen LogP contribution in [0.2, 0.25) is 0 Å². The van der Waals surface area contributed by atoms with Crippen molar-refractivity contribution in [1.82, 2.24) is 4.98 Å². The molecule has 0 aliphatic heterocycles. The van der Waals surface area contributed by atoms with E-state index in [9.17, 15) is 5.11 Å². The Morgan fingerprint density at radius 3 is 2.64 bits per heavy atom. The van der Waals surface area contributed by atoms with Gasteiger partial charge in [0.15, 0.2) is 0 Å². The molecule has 1 atom stereocenters. The van der Waals surface area contributed by atoms with E-state index in [0.717, 1.165) is 10.9 Å². The lowest BCUT2D eigenvalue weighted by Crippen LogP contribution is -2.16. The molecule has 1 unspecified atom stereocenters. The molecule has 1 N–H and O–H groups in total. The Balaban J connectivity index is 2.67. The number of halogens is 1. The van der Waals surface area contributed by atoms with E-state index < -0.39 is 0 Å². The molecular weight excluding hydrogens is 242 g/mol. The molecule has 3 heteroatoms. The predicted octanol–water partition coefficient (Wildman–Crippen LogP) is 2.65. The van der Waals surface area contributed by atoms with Crippen LogP contribution in [0.3, 0.4) is 0 Å². The van der Waals surface area contributed by atoms with Crippen LogP contribution < -0.4 is 0 Å². The first-order valence-electron chi connectivity index (χ1n) is 4.83. The van der Waals surface area contributed by atoms with Gasteiger partial charge in [-0.3, -0.25) is 4.98 Å². The molecular formula is C11H16BrNO. The van der Waals surface area contributed by atoms with Gasteiger partial charge in [-0.1, -0.05) is 13.8 Å². The zero-order valence-corrected chi connectivity index (χ0v) is 10.2. The largest absolute Gasteiger partial charge is 0.396 e. The molecule has 0 aromatic carbocycles. The van der Waals surface area contributed by atoms with Gasteiger partial charge < -0.3 is 5.11 Å². The third-order valence-corrected chi connectivity index (χ3v) is 2.87. The van der Waals surface area contributed by atoms with E-state index in [1.807, 2.05) is 6.20 Å². The Bertz CT molecular complexity index is 288. The lowest BCUT2D eigenvalue weighted by atomic mass is 9.91. The number of aliphatic hydroxyl groups is 1. The third kappa shape index (κ3) is 3.39. The summed E-state index contributed by atoms with van der Waals surface area (Å²) in [6.07, 6.45) is 4.52. The van der Waals surface area contributed by atoms with Crippen LogP contribution in [0, 0.1) is 11.8 Å². The monoisotopic (exact) mass is 257 g/mol. The van der Waals surface area contributed by atoms with Crippen molar-refractivity contribution in [3.8, 4) is 0 Å². The Morgan fingerprint density at radius 2 is 2.14 bits per heavy atom.